The van der Waals surface area contributed by atoms with Gasteiger partial charge in [-0.3, -0.25) is 14.7 Å². The van der Waals surface area contributed by atoms with E-state index in [1.54, 1.807) is 17.1 Å². The van der Waals surface area contributed by atoms with E-state index < -0.39 is 0 Å². The highest BCUT2D eigenvalue weighted by molar-refractivity contribution is 6.05. The van der Waals surface area contributed by atoms with Crippen molar-refractivity contribution in [1.82, 2.24) is 19.7 Å². The largest absolute Gasteiger partial charge is 0.379 e. The summed E-state index contributed by atoms with van der Waals surface area (Å²) in [7, 11) is 0. The van der Waals surface area contributed by atoms with Crippen LogP contribution in [-0.4, -0.2) is 64.5 Å². The van der Waals surface area contributed by atoms with Gasteiger partial charge in [-0.05, 0) is 74.9 Å². The van der Waals surface area contributed by atoms with Gasteiger partial charge in [-0.1, -0.05) is 18.2 Å². The lowest BCUT2D eigenvalue weighted by Gasteiger charge is -2.36. The summed E-state index contributed by atoms with van der Waals surface area (Å²) in [5, 5.41) is 7.47. The van der Waals surface area contributed by atoms with Crippen LogP contribution < -0.4 is 5.32 Å². The minimum absolute atomic E-state index is 0.194. The molecule has 200 valence electrons. The molecule has 8 nitrogen and oxygen atoms in total. The van der Waals surface area contributed by atoms with Crippen LogP contribution in [0.15, 0.2) is 48.8 Å². The quantitative estimate of drug-likeness (QED) is 0.458. The summed E-state index contributed by atoms with van der Waals surface area (Å²) in [4.78, 5) is 20.4. The van der Waals surface area contributed by atoms with Crippen LogP contribution in [0, 0.1) is 13.8 Å². The molecule has 3 heterocycles. The van der Waals surface area contributed by atoms with Crippen molar-refractivity contribution in [3.8, 4) is 5.69 Å². The number of aromatic nitrogens is 3. The number of anilines is 1. The number of hydrogen-bond donors (Lipinski definition) is 1. The van der Waals surface area contributed by atoms with E-state index in [1.807, 2.05) is 44.2 Å². The van der Waals surface area contributed by atoms with Crippen molar-refractivity contribution < 1.29 is 14.3 Å². The number of ether oxygens (including phenoxy) is 2. The van der Waals surface area contributed by atoms with Gasteiger partial charge >= 0.3 is 0 Å². The molecule has 1 amide bonds. The fourth-order valence-corrected chi connectivity index (χ4v) is 5.33. The van der Waals surface area contributed by atoms with Gasteiger partial charge < -0.3 is 14.8 Å². The molecule has 1 saturated heterocycles. The first-order chi connectivity index (χ1) is 18.5. The summed E-state index contributed by atoms with van der Waals surface area (Å²) in [5.74, 6) is -0.194. The molecule has 1 N–H and O–H groups in total. The lowest BCUT2D eigenvalue weighted by molar-refractivity contribution is 0.0150. The second-order valence-electron chi connectivity index (χ2n) is 10.0. The topological polar surface area (TPSA) is 81.5 Å². The Morgan fingerprint density at radius 2 is 1.95 bits per heavy atom. The Hall–Kier alpha value is -3.33. The predicted molar refractivity (Wildman–Crippen MR) is 149 cm³/mol. The van der Waals surface area contributed by atoms with Crippen LogP contribution in [0.1, 0.15) is 59.1 Å². The molecule has 1 aliphatic heterocycles. The Balaban J connectivity index is 1.23. The normalized spacial score (nSPS) is 18.3. The predicted octanol–water partition coefficient (Wildman–Crippen LogP) is 4.94. The number of nitrogens with zero attached hydrogens (tertiary/aromatic N) is 4. The Labute approximate surface area is 224 Å². The number of rotatable bonds is 8. The molecule has 38 heavy (non-hydrogen) atoms. The molecule has 0 radical (unpaired) electrons. The van der Waals surface area contributed by atoms with E-state index in [2.05, 4.69) is 28.3 Å². The molecule has 3 aromatic rings. The van der Waals surface area contributed by atoms with Crippen molar-refractivity contribution >= 4 is 17.2 Å². The number of pyridine rings is 1. The average molecular weight is 516 g/mol. The number of carbonyl (C=O) groups is 1. The average Bonchev–Trinajstić information content (AvgIpc) is 3.34. The van der Waals surface area contributed by atoms with Crippen molar-refractivity contribution in [1.29, 1.82) is 0 Å². The summed E-state index contributed by atoms with van der Waals surface area (Å²) in [6, 6.07) is 10.6. The van der Waals surface area contributed by atoms with Gasteiger partial charge in [-0.15, -0.1) is 0 Å². The zero-order valence-electron chi connectivity index (χ0n) is 22.6. The Bertz CT molecular complexity index is 1290. The Morgan fingerprint density at radius 1 is 1.16 bits per heavy atom. The van der Waals surface area contributed by atoms with Gasteiger partial charge in [0.25, 0.3) is 5.91 Å². The van der Waals surface area contributed by atoms with Crippen LogP contribution in [-0.2, 0) is 16.1 Å². The SMILES string of the molecule is CCOCc1ccc(-n2ncc(C(=O)Nc3cnc(C4=CCC(N5CCOCC5)CC4)c(C)c3)c2C)cc1. The first kappa shape index (κ1) is 26.3. The number of benzene rings is 1. The molecule has 1 unspecified atom stereocenters. The monoisotopic (exact) mass is 515 g/mol. The lowest BCUT2D eigenvalue weighted by atomic mass is 9.90. The highest BCUT2D eigenvalue weighted by Crippen LogP contribution is 2.31. The molecule has 1 atom stereocenters. The van der Waals surface area contributed by atoms with Crippen LogP contribution in [0.25, 0.3) is 11.3 Å². The minimum Gasteiger partial charge on any atom is -0.379 e. The van der Waals surface area contributed by atoms with Gasteiger partial charge in [0.1, 0.15) is 0 Å². The number of hydrogen-bond acceptors (Lipinski definition) is 6. The van der Waals surface area contributed by atoms with Crippen LogP contribution in [0.5, 0.6) is 0 Å². The van der Waals surface area contributed by atoms with E-state index in [0.717, 1.165) is 73.8 Å². The maximum atomic E-state index is 13.1. The third kappa shape index (κ3) is 5.88. The van der Waals surface area contributed by atoms with E-state index in [-0.39, 0.29) is 5.91 Å². The highest BCUT2D eigenvalue weighted by Gasteiger charge is 2.24. The smallest absolute Gasteiger partial charge is 0.259 e. The summed E-state index contributed by atoms with van der Waals surface area (Å²) < 4.78 is 12.8. The molecule has 1 fully saturated rings. The van der Waals surface area contributed by atoms with Crippen LogP contribution in [0.4, 0.5) is 5.69 Å². The van der Waals surface area contributed by atoms with Crippen molar-refractivity contribution in [2.75, 3.05) is 38.2 Å². The highest BCUT2D eigenvalue weighted by atomic mass is 16.5. The van der Waals surface area contributed by atoms with E-state index in [0.29, 0.717) is 30.5 Å². The number of nitrogens with one attached hydrogen (secondary N) is 1. The van der Waals surface area contributed by atoms with E-state index in [9.17, 15) is 4.79 Å². The first-order valence-corrected chi connectivity index (χ1v) is 13.5. The van der Waals surface area contributed by atoms with E-state index in [4.69, 9.17) is 14.5 Å². The maximum absolute atomic E-state index is 13.1. The van der Waals surface area contributed by atoms with Gasteiger partial charge in [0.05, 0.1) is 60.5 Å². The molecule has 2 aromatic heterocycles. The van der Waals surface area contributed by atoms with Gasteiger partial charge in [-0.2, -0.15) is 5.10 Å². The van der Waals surface area contributed by atoms with Crippen molar-refractivity contribution in [2.24, 2.45) is 0 Å². The van der Waals surface area contributed by atoms with Gasteiger partial charge in [-0.25, -0.2) is 4.68 Å². The molecule has 0 bridgehead atoms. The molecule has 2 aliphatic rings. The summed E-state index contributed by atoms with van der Waals surface area (Å²) in [6.07, 6.45) is 8.93. The summed E-state index contributed by atoms with van der Waals surface area (Å²) >= 11 is 0. The lowest BCUT2D eigenvalue weighted by Crippen LogP contribution is -2.43. The molecule has 0 spiro atoms. The fourth-order valence-electron chi connectivity index (χ4n) is 5.33. The number of allylic oxidation sites excluding steroid dienone is 1. The number of aryl methyl sites for hydroxylation is 1. The zero-order valence-corrected chi connectivity index (χ0v) is 22.6. The zero-order chi connectivity index (χ0) is 26.5. The molecule has 5 rings (SSSR count). The van der Waals surface area contributed by atoms with Gasteiger partial charge in [0.15, 0.2) is 0 Å². The van der Waals surface area contributed by atoms with Crippen molar-refractivity contribution in [3.63, 3.8) is 0 Å². The van der Waals surface area contributed by atoms with E-state index in [1.165, 1.54) is 5.57 Å². The van der Waals surface area contributed by atoms with Crippen LogP contribution >= 0.6 is 0 Å². The molecule has 8 heteroatoms. The first-order valence-electron chi connectivity index (χ1n) is 13.5. The summed E-state index contributed by atoms with van der Waals surface area (Å²) in [5.41, 5.74) is 7.41. The van der Waals surface area contributed by atoms with Crippen LogP contribution in [0.3, 0.4) is 0 Å². The van der Waals surface area contributed by atoms with Gasteiger partial charge in [0, 0.05) is 25.7 Å². The van der Waals surface area contributed by atoms with Crippen molar-refractivity contribution in [2.45, 2.75) is 52.7 Å². The maximum Gasteiger partial charge on any atom is 0.259 e. The fraction of sp³-hybridized carbons (Fsp3) is 0.433. The standard InChI is InChI=1S/C30H37N5O3/c1-4-37-20-23-5-9-27(10-6-23)35-22(3)28(19-32-35)30(36)33-25-17-21(2)29(31-18-25)24-7-11-26(12-8-24)34-13-15-38-16-14-34/h5-7,9-10,17-19,26H,4,8,11-16,20H2,1-3H3,(H,33,36). The second kappa shape index (κ2) is 12.0. The Morgan fingerprint density at radius 3 is 2.63 bits per heavy atom. The van der Waals surface area contributed by atoms with Gasteiger partial charge in [0.2, 0.25) is 0 Å². The molecule has 0 saturated carbocycles. The molecule has 1 aromatic carbocycles. The molecular weight excluding hydrogens is 478 g/mol. The summed E-state index contributed by atoms with van der Waals surface area (Å²) in [6.45, 7) is 10.9. The second-order valence-corrected chi connectivity index (χ2v) is 10.0. The Kier molecular flexibility index (Phi) is 8.32. The third-order valence-corrected chi connectivity index (χ3v) is 7.49. The van der Waals surface area contributed by atoms with Crippen molar-refractivity contribution in [3.05, 3.63) is 76.9 Å². The molecule has 1 aliphatic carbocycles. The number of amides is 1. The molecular formula is C30H37N5O3. The third-order valence-electron chi connectivity index (χ3n) is 7.49. The number of carbonyl (C=O) groups excluding carboxylic acids is 1. The number of morpholine rings is 1. The van der Waals surface area contributed by atoms with E-state index >= 15 is 0 Å². The minimum atomic E-state index is -0.194. The van der Waals surface area contributed by atoms with Crippen LogP contribution in [0.2, 0.25) is 0 Å².